The molecule has 4 heteroatoms. The third-order valence-corrected chi connectivity index (χ3v) is 4.42. The van der Waals surface area contributed by atoms with Crippen LogP contribution in [0.5, 0.6) is 0 Å². The molecule has 0 aliphatic rings. The summed E-state index contributed by atoms with van der Waals surface area (Å²) in [4.78, 5) is 8.92. The Kier molecular flexibility index (Phi) is 4.33. The van der Waals surface area contributed by atoms with Crippen LogP contribution in [-0.4, -0.2) is 9.97 Å². The molecule has 0 aliphatic heterocycles. The first-order chi connectivity index (χ1) is 12.7. The van der Waals surface area contributed by atoms with E-state index in [1.165, 1.54) is 5.56 Å². The smallest absolute Gasteiger partial charge is 0.0731 e. The minimum Gasteiger partial charge on any atom is -0.306 e. The summed E-state index contributed by atoms with van der Waals surface area (Å²) in [5.74, 6) is 6.48. The summed E-state index contributed by atoms with van der Waals surface area (Å²) < 4.78 is 0. The van der Waals surface area contributed by atoms with Crippen molar-refractivity contribution in [1.29, 1.82) is 0 Å². The molecule has 0 radical (unpaired) electrons. The van der Waals surface area contributed by atoms with Crippen molar-refractivity contribution in [2.24, 2.45) is 5.84 Å². The lowest BCUT2D eigenvalue weighted by molar-refractivity contribution is 0.855. The summed E-state index contributed by atoms with van der Waals surface area (Å²) in [6.45, 7) is 2.68. The molecular weight excluding hydrogens is 320 g/mol. The van der Waals surface area contributed by atoms with Crippen molar-refractivity contribution in [1.82, 2.24) is 9.97 Å². The second-order valence-corrected chi connectivity index (χ2v) is 6.40. The molecule has 0 unspecified atom stereocenters. The van der Waals surface area contributed by atoms with Gasteiger partial charge in [0.25, 0.3) is 0 Å². The zero-order chi connectivity index (χ0) is 17.9. The van der Waals surface area contributed by atoms with E-state index in [9.17, 15) is 0 Å². The highest BCUT2D eigenvalue weighted by Crippen LogP contribution is 2.31. The van der Waals surface area contributed by atoms with Crippen LogP contribution in [0.2, 0.25) is 0 Å². The van der Waals surface area contributed by atoms with E-state index in [4.69, 9.17) is 10.8 Å². The van der Waals surface area contributed by atoms with Crippen molar-refractivity contribution in [2.75, 3.05) is 5.01 Å². The molecule has 2 heterocycles. The van der Waals surface area contributed by atoms with Crippen LogP contribution in [0.3, 0.4) is 0 Å². The number of nitrogens with zero attached hydrogens (tertiary/aromatic N) is 3. The molecule has 0 spiro atoms. The number of hydrogen-bond acceptors (Lipinski definition) is 4. The molecule has 2 N–H and O–H groups in total. The highest BCUT2D eigenvalue weighted by molar-refractivity contribution is 5.94. The van der Waals surface area contributed by atoms with E-state index in [0.29, 0.717) is 6.54 Å². The van der Waals surface area contributed by atoms with Crippen LogP contribution in [0, 0.1) is 6.92 Å². The molecule has 0 amide bonds. The minimum absolute atomic E-state index is 0.601. The first-order valence-electron chi connectivity index (χ1n) is 8.59. The Bertz CT molecular complexity index is 1030. The fraction of sp³-hybridized carbons (Fsp3) is 0.0909. The number of hydrogen-bond donors (Lipinski definition) is 1. The molecule has 128 valence electrons. The fourth-order valence-electron chi connectivity index (χ4n) is 3.09. The summed E-state index contributed by atoms with van der Waals surface area (Å²) >= 11 is 0. The van der Waals surface area contributed by atoms with Gasteiger partial charge in [0.1, 0.15) is 0 Å². The van der Waals surface area contributed by atoms with Crippen molar-refractivity contribution in [2.45, 2.75) is 13.5 Å². The molecule has 26 heavy (non-hydrogen) atoms. The van der Waals surface area contributed by atoms with Gasteiger partial charge in [-0.25, -0.2) is 10.8 Å². The third kappa shape index (κ3) is 3.27. The average molecular weight is 340 g/mol. The zero-order valence-electron chi connectivity index (χ0n) is 14.6. The number of nitrogens with two attached hydrogens (primary N) is 1. The molecule has 0 atom stereocenters. The molecule has 4 rings (SSSR count). The largest absolute Gasteiger partial charge is 0.306 e. The number of aryl methyl sites for hydroxylation is 1. The second-order valence-electron chi connectivity index (χ2n) is 6.40. The Morgan fingerprint density at radius 3 is 2.46 bits per heavy atom. The average Bonchev–Trinajstić information content (AvgIpc) is 2.68. The lowest BCUT2D eigenvalue weighted by Crippen LogP contribution is -2.30. The van der Waals surface area contributed by atoms with E-state index in [-0.39, 0.29) is 0 Å². The van der Waals surface area contributed by atoms with Crippen LogP contribution in [0.4, 0.5) is 5.69 Å². The summed E-state index contributed by atoms with van der Waals surface area (Å²) in [5, 5.41) is 2.84. The van der Waals surface area contributed by atoms with E-state index in [1.54, 1.807) is 17.4 Å². The topological polar surface area (TPSA) is 55.0 Å². The van der Waals surface area contributed by atoms with Crippen LogP contribution >= 0.6 is 0 Å². The van der Waals surface area contributed by atoms with Gasteiger partial charge in [-0.1, -0.05) is 42.0 Å². The van der Waals surface area contributed by atoms with Crippen molar-refractivity contribution in [3.05, 3.63) is 90.3 Å². The van der Waals surface area contributed by atoms with Crippen LogP contribution in [0.15, 0.2) is 79.1 Å². The summed E-state index contributed by atoms with van der Waals surface area (Å²) in [6.07, 6.45) is 3.57. The molecular formula is C22H20N4. The van der Waals surface area contributed by atoms with Gasteiger partial charge in [-0.3, -0.25) is 4.98 Å². The lowest BCUT2D eigenvalue weighted by Gasteiger charge is -2.22. The monoisotopic (exact) mass is 340 g/mol. The minimum atomic E-state index is 0.601. The normalized spacial score (nSPS) is 10.8. The molecule has 2 aromatic carbocycles. The number of hydrazine groups is 1. The first kappa shape index (κ1) is 16.2. The number of anilines is 1. The quantitative estimate of drug-likeness (QED) is 0.439. The Balaban J connectivity index is 1.84. The molecule has 0 saturated carbocycles. The van der Waals surface area contributed by atoms with Gasteiger partial charge in [-0.2, -0.15) is 0 Å². The molecule has 2 aromatic heterocycles. The van der Waals surface area contributed by atoms with E-state index >= 15 is 0 Å². The van der Waals surface area contributed by atoms with Crippen molar-refractivity contribution < 1.29 is 0 Å². The lowest BCUT2D eigenvalue weighted by atomic mass is 10.1. The number of aromatic nitrogens is 2. The van der Waals surface area contributed by atoms with Gasteiger partial charge >= 0.3 is 0 Å². The van der Waals surface area contributed by atoms with Gasteiger partial charge in [0, 0.05) is 23.3 Å². The van der Waals surface area contributed by atoms with Gasteiger partial charge in [0.2, 0.25) is 0 Å². The van der Waals surface area contributed by atoms with Gasteiger partial charge < -0.3 is 5.01 Å². The summed E-state index contributed by atoms with van der Waals surface area (Å²) in [6, 6.07) is 22.5. The van der Waals surface area contributed by atoms with Gasteiger partial charge in [-0.15, -0.1) is 0 Å². The third-order valence-electron chi connectivity index (χ3n) is 4.42. The van der Waals surface area contributed by atoms with E-state index in [2.05, 4.69) is 48.3 Å². The highest BCUT2D eigenvalue weighted by atomic mass is 15.4. The SMILES string of the molecule is Cc1ccc2nc(-c3ccccc3)cc(N(N)Cc3ccncc3)c2c1. The van der Waals surface area contributed by atoms with Gasteiger partial charge in [-0.05, 0) is 42.8 Å². The predicted molar refractivity (Wildman–Crippen MR) is 107 cm³/mol. The number of rotatable bonds is 4. The van der Waals surface area contributed by atoms with Crippen molar-refractivity contribution in [3.8, 4) is 11.3 Å². The first-order valence-corrected chi connectivity index (χ1v) is 8.59. The number of benzene rings is 2. The predicted octanol–water partition coefficient (Wildman–Crippen LogP) is 4.49. The van der Waals surface area contributed by atoms with Crippen LogP contribution in [-0.2, 0) is 6.54 Å². The zero-order valence-corrected chi connectivity index (χ0v) is 14.6. The van der Waals surface area contributed by atoms with Crippen LogP contribution in [0.1, 0.15) is 11.1 Å². The van der Waals surface area contributed by atoms with Gasteiger partial charge in [0.15, 0.2) is 0 Å². The van der Waals surface area contributed by atoms with Crippen molar-refractivity contribution >= 4 is 16.6 Å². The Morgan fingerprint density at radius 2 is 1.69 bits per heavy atom. The Labute approximate surface area is 152 Å². The molecule has 0 aliphatic carbocycles. The molecule has 4 aromatic rings. The van der Waals surface area contributed by atoms with Crippen LogP contribution < -0.4 is 10.9 Å². The van der Waals surface area contributed by atoms with E-state index in [0.717, 1.165) is 33.4 Å². The summed E-state index contributed by atoms with van der Waals surface area (Å²) in [7, 11) is 0. The molecule has 4 nitrogen and oxygen atoms in total. The summed E-state index contributed by atoms with van der Waals surface area (Å²) in [5.41, 5.74) is 6.20. The Hall–Kier alpha value is -3.24. The molecule has 0 fully saturated rings. The maximum atomic E-state index is 6.48. The number of fused-ring (bicyclic) bond motifs is 1. The Morgan fingerprint density at radius 1 is 0.923 bits per heavy atom. The molecule has 0 saturated heterocycles. The van der Waals surface area contributed by atoms with E-state index in [1.807, 2.05) is 30.3 Å². The second kappa shape index (κ2) is 6.94. The van der Waals surface area contributed by atoms with Crippen LogP contribution in [0.25, 0.3) is 22.2 Å². The fourth-order valence-corrected chi connectivity index (χ4v) is 3.09. The standard InChI is InChI=1S/C22H20N4/c1-16-7-8-20-19(13-16)22(26(23)15-17-9-11-24-12-10-17)14-21(25-20)18-5-3-2-4-6-18/h2-14H,15,23H2,1H3. The molecule has 0 bridgehead atoms. The maximum Gasteiger partial charge on any atom is 0.0731 e. The number of pyridine rings is 2. The maximum absolute atomic E-state index is 6.48. The van der Waals surface area contributed by atoms with Crippen molar-refractivity contribution in [3.63, 3.8) is 0 Å². The van der Waals surface area contributed by atoms with E-state index < -0.39 is 0 Å². The van der Waals surface area contributed by atoms with Gasteiger partial charge in [0.05, 0.1) is 23.4 Å². The highest BCUT2D eigenvalue weighted by Gasteiger charge is 2.12.